The van der Waals surface area contributed by atoms with Crippen LogP contribution in [0.25, 0.3) is 0 Å². The molecule has 66 valence electrons. The van der Waals surface area contributed by atoms with Crippen LogP contribution in [0, 0.1) is 0 Å². The van der Waals surface area contributed by atoms with E-state index < -0.39 is 10.9 Å². The summed E-state index contributed by atoms with van der Waals surface area (Å²) in [5, 5.41) is -0.881. The summed E-state index contributed by atoms with van der Waals surface area (Å²) in [6.07, 6.45) is 2.93. The van der Waals surface area contributed by atoms with Crippen LogP contribution >= 0.6 is 11.6 Å². The van der Waals surface area contributed by atoms with Crippen molar-refractivity contribution < 1.29 is 9.18 Å². The first kappa shape index (κ1) is 10.9. The first-order chi connectivity index (χ1) is 5.00. The molecule has 1 unspecified atom stereocenters. The Morgan fingerprint density at radius 3 is 2.45 bits per heavy atom. The van der Waals surface area contributed by atoms with Crippen molar-refractivity contribution >= 4 is 16.8 Å². The number of carbonyl (C=O) groups is 1. The lowest BCUT2D eigenvalue weighted by Crippen LogP contribution is -2.25. The average molecular weight is 181 g/mol. The van der Waals surface area contributed by atoms with Gasteiger partial charge in [0.25, 0.3) is 5.24 Å². The maximum absolute atomic E-state index is 13.1. The quantitative estimate of drug-likeness (QED) is 0.470. The van der Waals surface area contributed by atoms with Crippen molar-refractivity contribution in [3.05, 3.63) is 0 Å². The van der Waals surface area contributed by atoms with Crippen molar-refractivity contribution in [2.24, 2.45) is 0 Å². The number of rotatable bonds is 5. The zero-order chi connectivity index (χ0) is 8.91. The third-order valence-electron chi connectivity index (χ3n) is 1.66. The molecule has 0 aliphatic heterocycles. The molecule has 11 heavy (non-hydrogen) atoms. The molecule has 0 rings (SSSR count). The van der Waals surface area contributed by atoms with Crippen molar-refractivity contribution in [3.63, 3.8) is 0 Å². The third-order valence-corrected chi connectivity index (χ3v) is 2.05. The summed E-state index contributed by atoms with van der Waals surface area (Å²) >= 11 is 5.03. The maximum Gasteiger partial charge on any atom is 0.258 e. The van der Waals surface area contributed by atoms with Gasteiger partial charge in [-0.2, -0.15) is 0 Å². The van der Waals surface area contributed by atoms with Crippen molar-refractivity contribution in [2.45, 2.75) is 45.2 Å². The molecule has 0 fully saturated rings. The van der Waals surface area contributed by atoms with Crippen LogP contribution in [-0.2, 0) is 4.79 Å². The molecule has 0 aromatic carbocycles. The lowest BCUT2D eigenvalue weighted by molar-refractivity contribution is -0.121. The van der Waals surface area contributed by atoms with Gasteiger partial charge in [-0.25, -0.2) is 4.39 Å². The van der Waals surface area contributed by atoms with Gasteiger partial charge < -0.3 is 0 Å². The lowest BCUT2D eigenvalue weighted by Gasteiger charge is -2.13. The predicted octanol–water partition coefficient (Wildman–Crippen LogP) is 3.06. The van der Waals surface area contributed by atoms with E-state index in [0.717, 1.165) is 19.3 Å². The Bertz CT molecular complexity index is 134. The molecule has 0 saturated heterocycles. The van der Waals surface area contributed by atoms with Crippen LogP contribution in [0.5, 0.6) is 0 Å². The van der Waals surface area contributed by atoms with Gasteiger partial charge >= 0.3 is 0 Å². The molecule has 0 spiro atoms. The fraction of sp³-hybridized carbons (Fsp3) is 0.875. The van der Waals surface area contributed by atoms with E-state index in [1.165, 1.54) is 6.92 Å². The van der Waals surface area contributed by atoms with Gasteiger partial charge in [0.15, 0.2) is 5.67 Å². The van der Waals surface area contributed by atoms with Crippen LogP contribution in [0.15, 0.2) is 0 Å². The van der Waals surface area contributed by atoms with Crippen molar-refractivity contribution in [1.29, 1.82) is 0 Å². The van der Waals surface area contributed by atoms with Crippen molar-refractivity contribution in [1.82, 2.24) is 0 Å². The standard InChI is InChI=1S/C8H14ClFO/c1-3-4-5-6-8(2,10)7(9)11/h3-6H2,1-2H3. The molecule has 0 heterocycles. The summed E-state index contributed by atoms with van der Waals surface area (Å²) in [4.78, 5) is 10.5. The van der Waals surface area contributed by atoms with Gasteiger partial charge in [0, 0.05) is 0 Å². The molecular weight excluding hydrogens is 167 g/mol. The molecule has 0 aromatic heterocycles. The molecule has 3 heteroatoms. The molecule has 0 aliphatic carbocycles. The molecule has 0 aromatic rings. The van der Waals surface area contributed by atoms with E-state index >= 15 is 0 Å². The zero-order valence-electron chi connectivity index (χ0n) is 6.99. The minimum atomic E-state index is -1.82. The highest BCUT2D eigenvalue weighted by molar-refractivity contribution is 6.65. The molecule has 1 nitrogen and oxygen atoms in total. The monoisotopic (exact) mass is 180 g/mol. The normalized spacial score (nSPS) is 16.0. The van der Waals surface area contributed by atoms with Gasteiger partial charge in [0.1, 0.15) is 0 Å². The first-order valence-electron chi connectivity index (χ1n) is 3.89. The van der Waals surface area contributed by atoms with Gasteiger partial charge in [-0.15, -0.1) is 0 Å². The van der Waals surface area contributed by atoms with Gasteiger partial charge in [-0.05, 0) is 31.4 Å². The number of hydrogen-bond acceptors (Lipinski definition) is 1. The first-order valence-corrected chi connectivity index (χ1v) is 4.27. The molecule has 0 radical (unpaired) electrons. The molecule has 0 amide bonds. The van der Waals surface area contributed by atoms with Crippen LogP contribution in [0.3, 0.4) is 0 Å². The van der Waals surface area contributed by atoms with E-state index in [-0.39, 0.29) is 6.42 Å². The Morgan fingerprint density at radius 2 is 2.09 bits per heavy atom. The maximum atomic E-state index is 13.1. The minimum Gasteiger partial charge on any atom is -0.278 e. The Morgan fingerprint density at radius 1 is 1.55 bits per heavy atom. The molecule has 1 atom stereocenters. The van der Waals surface area contributed by atoms with E-state index in [4.69, 9.17) is 11.6 Å². The molecule has 0 aliphatic rings. The second-order valence-electron chi connectivity index (χ2n) is 2.93. The summed E-state index contributed by atoms with van der Waals surface area (Å²) in [6.45, 7) is 3.26. The largest absolute Gasteiger partial charge is 0.278 e. The van der Waals surface area contributed by atoms with E-state index in [1.807, 2.05) is 6.92 Å². The zero-order valence-corrected chi connectivity index (χ0v) is 7.75. The second-order valence-corrected chi connectivity index (χ2v) is 3.27. The molecule has 0 saturated carbocycles. The smallest absolute Gasteiger partial charge is 0.258 e. The van der Waals surface area contributed by atoms with Crippen LogP contribution in [-0.4, -0.2) is 10.9 Å². The summed E-state index contributed by atoms with van der Waals surface area (Å²) in [5.74, 6) is 0. The Hall–Kier alpha value is -0.110. The average Bonchev–Trinajstić information content (AvgIpc) is 1.88. The SMILES string of the molecule is CCCCCC(C)(F)C(=O)Cl. The summed E-state index contributed by atoms with van der Waals surface area (Å²) in [7, 11) is 0. The summed E-state index contributed by atoms with van der Waals surface area (Å²) in [6, 6.07) is 0. The van der Waals surface area contributed by atoms with Crippen LogP contribution in [0.2, 0.25) is 0 Å². The van der Waals surface area contributed by atoms with Crippen molar-refractivity contribution in [2.75, 3.05) is 0 Å². The Labute approximate surface area is 71.9 Å². The molecular formula is C8H14ClFO. The number of halogens is 2. The highest BCUT2D eigenvalue weighted by Gasteiger charge is 2.30. The molecule has 0 N–H and O–H groups in total. The van der Waals surface area contributed by atoms with Gasteiger partial charge in [-0.1, -0.05) is 19.8 Å². The predicted molar refractivity (Wildman–Crippen MR) is 44.5 cm³/mol. The fourth-order valence-corrected chi connectivity index (χ4v) is 0.900. The van der Waals surface area contributed by atoms with Gasteiger partial charge in [-0.3, -0.25) is 4.79 Å². The fourth-order valence-electron chi connectivity index (χ4n) is 0.805. The van der Waals surface area contributed by atoms with Crippen LogP contribution < -0.4 is 0 Å². The van der Waals surface area contributed by atoms with Crippen LogP contribution in [0.4, 0.5) is 4.39 Å². The summed E-state index contributed by atoms with van der Waals surface area (Å²) < 4.78 is 13.1. The topological polar surface area (TPSA) is 17.1 Å². The van der Waals surface area contributed by atoms with Gasteiger partial charge in [0.2, 0.25) is 0 Å². The summed E-state index contributed by atoms with van der Waals surface area (Å²) in [5.41, 5.74) is -1.82. The highest BCUT2D eigenvalue weighted by Crippen LogP contribution is 2.21. The number of alkyl halides is 1. The number of hydrogen-bond donors (Lipinski definition) is 0. The lowest BCUT2D eigenvalue weighted by atomic mass is 10.0. The van der Waals surface area contributed by atoms with Gasteiger partial charge in [0.05, 0.1) is 0 Å². The number of unbranched alkanes of at least 4 members (excludes halogenated alkanes) is 2. The number of carbonyl (C=O) groups excluding carboxylic acids is 1. The van der Waals surface area contributed by atoms with E-state index in [0.29, 0.717) is 0 Å². The van der Waals surface area contributed by atoms with E-state index in [9.17, 15) is 9.18 Å². The van der Waals surface area contributed by atoms with Crippen LogP contribution in [0.1, 0.15) is 39.5 Å². The third kappa shape index (κ3) is 4.35. The van der Waals surface area contributed by atoms with E-state index in [1.54, 1.807) is 0 Å². The Kier molecular flexibility index (Phi) is 4.66. The molecule has 0 bridgehead atoms. The van der Waals surface area contributed by atoms with Crippen molar-refractivity contribution in [3.8, 4) is 0 Å². The minimum absolute atomic E-state index is 0.239. The second kappa shape index (κ2) is 4.70. The van der Waals surface area contributed by atoms with E-state index in [2.05, 4.69) is 0 Å². The highest BCUT2D eigenvalue weighted by atomic mass is 35.5. The Balaban J connectivity index is 3.64.